The van der Waals surface area contributed by atoms with E-state index in [2.05, 4.69) is 24.3 Å². The van der Waals surface area contributed by atoms with Crippen molar-refractivity contribution >= 4 is 11.6 Å². The molecular weight excluding hydrogens is 232 g/mol. The largest absolute Gasteiger partial charge is 0.392 e. The SMILES string of the molecule is O[C@H](CCl)Cc1ccc(-c2ccccc2)cc1. The third-order valence-corrected chi connectivity index (χ3v) is 3.07. The average Bonchev–Trinajstić information content (AvgIpc) is 2.40. The minimum absolute atomic E-state index is 0.278. The lowest BCUT2D eigenvalue weighted by molar-refractivity contribution is 0.199. The van der Waals surface area contributed by atoms with Crippen LogP contribution in [0.25, 0.3) is 11.1 Å². The zero-order valence-electron chi connectivity index (χ0n) is 9.51. The number of aliphatic hydroxyl groups excluding tert-OH is 1. The van der Waals surface area contributed by atoms with Gasteiger partial charge in [-0.2, -0.15) is 0 Å². The van der Waals surface area contributed by atoms with Crippen LogP contribution in [0, 0.1) is 0 Å². The Hall–Kier alpha value is -1.31. The van der Waals surface area contributed by atoms with Gasteiger partial charge in [0.05, 0.1) is 6.10 Å². The van der Waals surface area contributed by atoms with Crippen LogP contribution in [0.5, 0.6) is 0 Å². The van der Waals surface area contributed by atoms with Crippen molar-refractivity contribution in [1.29, 1.82) is 0 Å². The van der Waals surface area contributed by atoms with Crippen LogP contribution in [0.2, 0.25) is 0 Å². The maximum atomic E-state index is 9.47. The van der Waals surface area contributed by atoms with Crippen molar-refractivity contribution in [1.82, 2.24) is 0 Å². The molecule has 0 fully saturated rings. The first-order valence-electron chi connectivity index (χ1n) is 5.68. The van der Waals surface area contributed by atoms with E-state index in [1.54, 1.807) is 0 Å². The van der Waals surface area contributed by atoms with Gasteiger partial charge in [-0.25, -0.2) is 0 Å². The Labute approximate surface area is 107 Å². The first-order chi connectivity index (χ1) is 8.29. The lowest BCUT2D eigenvalue weighted by Crippen LogP contribution is -2.11. The molecule has 1 N–H and O–H groups in total. The molecule has 0 aliphatic heterocycles. The summed E-state index contributed by atoms with van der Waals surface area (Å²) in [6.07, 6.45) is 0.151. The van der Waals surface area contributed by atoms with Gasteiger partial charge in [-0.05, 0) is 23.1 Å². The van der Waals surface area contributed by atoms with E-state index in [-0.39, 0.29) is 5.88 Å². The van der Waals surface area contributed by atoms with Crippen molar-refractivity contribution in [2.45, 2.75) is 12.5 Å². The molecule has 0 spiro atoms. The number of halogens is 1. The second-order valence-corrected chi connectivity index (χ2v) is 4.38. The summed E-state index contributed by atoms with van der Waals surface area (Å²) in [4.78, 5) is 0. The van der Waals surface area contributed by atoms with E-state index >= 15 is 0 Å². The highest BCUT2D eigenvalue weighted by Gasteiger charge is 2.04. The van der Waals surface area contributed by atoms with Crippen molar-refractivity contribution in [3.8, 4) is 11.1 Å². The second kappa shape index (κ2) is 5.85. The minimum atomic E-state index is -0.459. The molecule has 2 aromatic carbocycles. The molecule has 0 aliphatic carbocycles. The Bertz CT molecular complexity index is 450. The van der Waals surface area contributed by atoms with Crippen LogP contribution >= 0.6 is 11.6 Å². The molecule has 2 heteroatoms. The average molecular weight is 247 g/mol. The zero-order chi connectivity index (χ0) is 12.1. The van der Waals surface area contributed by atoms with E-state index in [0.29, 0.717) is 6.42 Å². The molecule has 0 heterocycles. The first kappa shape index (κ1) is 12.2. The zero-order valence-corrected chi connectivity index (χ0v) is 10.3. The summed E-state index contributed by atoms with van der Waals surface area (Å²) in [5.41, 5.74) is 3.50. The Kier molecular flexibility index (Phi) is 4.18. The van der Waals surface area contributed by atoms with Gasteiger partial charge < -0.3 is 5.11 Å². The van der Waals surface area contributed by atoms with Gasteiger partial charge in [0.25, 0.3) is 0 Å². The molecule has 0 aliphatic rings. The number of hydrogen-bond acceptors (Lipinski definition) is 1. The molecule has 17 heavy (non-hydrogen) atoms. The molecule has 2 aromatic rings. The monoisotopic (exact) mass is 246 g/mol. The summed E-state index contributed by atoms with van der Waals surface area (Å²) in [5, 5.41) is 9.47. The van der Waals surface area contributed by atoms with Crippen molar-refractivity contribution in [3.63, 3.8) is 0 Å². The lowest BCUT2D eigenvalue weighted by Gasteiger charge is -2.07. The summed E-state index contributed by atoms with van der Waals surface area (Å²) < 4.78 is 0. The highest BCUT2D eigenvalue weighted by molar-refractivity contribution is 6.18. The van der Waals surface area contributed by atoms with E-state index in [1.165, 1.54) is 11.1 Å². The predicted molar refractivity (Wildman–Crippen MR) is 72.3 cm³/mol. The second-order valence-electron chi connectivity index (χ2n) is 4.08. The van der Waals surface area contributed by atoms with Gasteiger partial charge in [0.2, 0.25) is 0 Å². The topological polar surface area (TPSA) is 20.2 Å². The Balaban J connectivity index is 2.13. The van der Waals surface area contributed by atoms with Gasteiger partial charge in [-0.15, -0.1) is 11.6 Å². The molecule has 0 unspecified atom stereocenters. The van der Waals surface area contributed by atoms with Crippen molar-refractivity contribution in [2.75, 3.05) is 5.88 Å². The molecular formula is C15H15ClO. The van der Waals surface area contributed by atoms with E-state index in [1.807, 2.05) is 30.3 Å². The predicted octanol–water partition coefficient (Wildman–Crippen LogP) is 3.50. The van der Waals surface area contributed by atoms with Crippen molar-refractivity contribution in [2.24, 2.45) is 0 Å². The third kappa shape index (κ3) is 3.32. The van der Waals surface area contributed by atoms with E-state index in [0.717, 1.165) is 5.56 Å². The molecule has 2 rings (SSSR count). The number of hydrogen-bond donors (Lipinski definition) is 1. The molecule has 0 saturated carbocycles. The van der Waals surface area contributed by atoms with Gasteiger partial charge in [0, 0.05) is 5.88 Å². The summed E-state index contributed by atoms with van der Waals surface area (Å²) in [6.45, 7) is 0. The fourth-order valence-electron chi connectivity index (χ4n) is 1.79. The highest BCUT2D eigenvalue weighted by atomic mass is 35.5. The highest BCUT2D eigenvalue weighted by Crippen LogP contribution is 2.19. The van der Waals surface area contributed by atoms with Crippen molar-refractivity contribution in [3.05, 3.63) is 60.2 Å². The lowest BCUT2D eigenvalue weighted by atomic mass is 10.0. The Morgan fingerprint density at radius 2 is 1.47 bits per heavy atom. The maximum Gasteiger partial charge on any atom is 0.0715 e. The summed E-state index contributed by atoms with van der Waals surface area (Å²) in [5.74, 6) is 0.278. The smallest absolute Gasteiger partial charge is 0.0715 e. The van der Waals surface area contributed by atoms with Crippen LogP contribution in [0.3, 0.4) is 0 Å². The fraction of sp³-hybridized carbons (Fsp3) is 0.200. The molecule has 1 nitrogen and oxygen atoms in total. The van der Waals surface area contributed by atoms with Crippen LogP contribution < -0.4 is 0 Å². The van der Waals surface area contributed by atoms with Gasteiger partial charge in [-0.1, -0.05) is 54.6 Å². The van der Waals surface area contributed by atoms with Crippen LogP contribution in [0.4, 0.5) is 0 Å². The summed E-state index contributed by atoms with van der Waals surface area (Å²) >= 11 is 5.58. The maximum absolute atomic E-state index is 9.47. The van der Waals surface area contributed by atoms with E-state index in [4.69, 9.17) is 11.6 Å². The van der Waals surface area contributed by atoms with Crippen LogP contribution in [-0.4, -0.2) is 17.1 Å². The van der Waals surface area contributed by atoms with Crippen molar-refractivity contribution < 1.29 is 5.11 Å². The molecule has 0 aromatic heterocycles. The first-order valence-corrected chi connectivity index (χ1v) is 6.21. The Morgan fingerprint density at radius 3 is 2.06 bits per heavy atom. The Morgan fingerprint density at radius 1 is 0.882 bits per heavy atom. The van der Waals surface area contributed by atoms with Gasteiger partial charge in [0.1, 0.15) is 0 Å². The van der Waals surface area contributed by atoms with Gasteiger partial charge in [0.15, 0.2) is 0 Å². The molecule has 1 atom stereocenters. The summed E-state index contributed by atoms with van der Waals surface area (Å²) in [7, 11) is 0. The van der Waals surface area contributed by atoms with Gasteiger partial charge in [-0.3, -0.25) is 0 Å². The quantitative estimate of drug-likeness (QED) is 0.819. The number of aliphatic hydroxyl groups is 1. The third-order valence-electron chi connectivity index (χ3n) is 2.71. The molecule has 0 bridgehead atoms. The summed E-state index contributed by atoms with van der Waals surface area (Å²) in [6, 6.07) is 18.5. The minimum Gasteiger partial charge on any atom is -0.392 e. The molecule has 0 saturated heterocycles. The van der Waals surface area contributed by atoms with Crippen LogP contribution in [0.1, 0.15) is 5.56 Å². The van der Waals surface area contributed by atoms with E-state index < -0.39 is 6.10 Å². The molecule has 0 amide bonds. The number of benzene rings is 2. The molecule has 88 valence electrons. The number of alkyl halides is 1. The standard InChI is InChI=1S/C15H15ClO/c16-11-15(17)10-12-6-8-14(9-7-12)13-4-2-1-3-5-13/h1-9,15,17H,10-11H2/t15-/m0/s1. The van der Waals surface area contributed by atoms with Crippen LogP contribution in [-0.2, 0) is 6.42 Å². The van der Waals surface area contributed by atoms with Gasteiger partial charge >= 0.3 is 0 Å². The normalized spacial score (nSPS) is 12.4. The number of rotatable bonds is 4. The fourth-order valence-corrected chi connectivity index (χ4v) is 1.90. The molecule has 0 radical (unpaired) electrons. The van der Waals surface area contributed by atoms with Crippen LogP contribution in [0.15, 0.2) is 54.6 Å². The van der Waals surface area contributed by atoms with E-state index in [9.17, 15) is 5.11 Å².